The molecule has 3 heteroatoms. The third kappa shape index (κ3) is 3.12. The minimum absolute atomic E-state index is 0.866. The van der Waals surface area contributed by atoms with Crippen LogP contribution in [0.4, 0.5) is 5.69 Å². The molecule has 0 radical (unpaired) electrons. The number of methoxy groups -OCH3 is 1. The first-order valence-electron chi connectivity index (χ1n) is 5.70. The third-order valence-electron chi connectivity index (χ3n) is 2.66. The molecular weight excluding hydrogens is 224 g/mol. The van der Waals surface area contributed by atoms with Crippen LogP contribution in [0.3, 0.4) is 0 Å². The SMILES string of the molecule is COc1ccc(/C=C/c2ccc(NN)cc2)cc1. The van der Waals surface area contributed by atoms with Gasteiger partial charge in [-0.2, -0.15) is 0 Å². The molecule has 0 aliphatic rings. The third-order valence-corrected chi connectivity index (χ3v) is 2.66. The molecule has 0 amide bonds. The van der Waals surface area contributed by atoms with Crippen molar-refractivity contribution in [2.75, 3.05) is 12.5 Å². The minimum atomic E-state index is 0.866. The monoisotopic (exact) mass is 240 g/mol. The second-order valence-electron chi connectivity index (χ2n) is 3.87. The summed E-state index contributed by atoms with van der Waals surface area (Å²) in [7, 11) is 1.66. The van der Waals surface area contributed by atoms with Crippen molar-refractivity contribution in [1.82, 2.24) is 0 Å². The van der Waals surface area contributed by atoms with Gasteiger partial charge < -0.3 is 10.2 Å². The summed E-state index contributed by atoms with van der Waals surface area (Å²) < 4.78 is 5.11. The molecule has 0 aliphatic heterocycles. The van der Waals surface area contributed by atoms with Crippen molar-refractivity contribution in [3.63, 3.8) is 0 Å². The highest BCUT2D eigenvalue weighted by Gasteiger charge is 1.91. The Bertz CT molecular complexity index is 466. The van der Waals surface area contributed by atoms with Gasteiger partial charge in [0.15, 0.2) is 0 Å². The highest BCUT2D eigenvalue weighted by Crippen LogP contribution is 2.15. The first kappa shape index (κ1) is 12.2. The molecule has 0 heterocycles. The van der Waals surface area contributed by atoms with E-state index in [0.29, 0.717) is 0 Å². The predicted octanol–water partition coefficient (Wildman–Crippen LogP) is 3.15. The molecule has 0 saturated heterocycles. The summed E-state index contributed by atoms with van der Waals surface area (Å²) in [6, 6.07) is 15.8. The number of anilines is 1. The number of hydrogen-bond acceptors (Lipinski definition) is 3. The standard InChI is InChI=1S/C15H16N2O/c1-18-15-10-6-13(7-11-15)3-2-12-4-8-14(17-16)9-5-12/h2-11,17H,16H2,1H3/b3-2+. The molecule has 3 nitrogen and oxygen atoms in total. The van der Waals surface area contributed by atoms with Gasteiger partial charge in [-0.15, -0.1) is 0 Å². The van der Waals surface area contributed by atoms with E-state index in [1.807, 2.05) is 48.5 Å². The number of nitrogen functional groups attached to an aromatic ring is 1. The molecule has 2 aromatic carbocycles. The minimum Gasteiger partial charge on any atom is -0.497 e. The maximum atomic E-state index is 5.31. The summed E-state index contributed by atoms with van der Waals surface area (Å²) in [5.74, 6) is 6.18. The molecule has 2 rings (SSSR count). The van der Waals surface area contributed by atoms with E-state index in [-0.39, 0.29) is 0 Å². The van der Waals surface area contributed by atoms with E-state index < -0.39 is 0 Å². The molecule has 0 fully saturated rings. The topological polar surface area (TPSA) is 47.3 Å². The van der Waals surface area contributed by atoms with Crippen molar-refractivity contribution in [2.24, 2.45) is 5.84 Å². The van der Waals surface area contributed by atoms with Crippen LogP contribution in [0.25, 0.3) is 12.2 Å². The lowest BCUT2D eigenvalue weighted by Gasteiger charge is -2.00. The molecule has 92 valence electrons. The molecule has 0 aliphatic carbocycles. The Morgan fingerprint density at radius 3 is 1.83 bits per heavy atom. The molecule has 0 bridgehead atoms. The van der Waals surface area contributed by atoms with Crippen LogP contribution in [0.15, 0.2) is 48.5 Å². The second-order valence-corrected chi connectivity index (χ2v) is 3.87. The van der Waals surface area contributed by atoms with Gasteiger partial charge in [0.2, 0.25) is 0 Å². The Hall–Kier alpha value is -2.26. The van der Waals surface area contributed by atoms with Crippen LogP contribution in [0, 0.1) is 0 Å². The summed E-state index contributed by atoms with van der Waals surface area (Å²) in [5.41, 5.74) is 5.77. The maximum Gasteiger partial charge on any atom is 0.118 e. The molecule has 0 spiro atoms. The normalized spacial score (nSPS) is 10.6. The largest absolute Gasteiger partial charge is 0.497 e. The van der Waals surface area contributed by atoms with Crippen molar-refractivity contribution in [3.8, 4) is 5.75 Å². The fourth-order valence-corrected chi connectivity index (χ4v) is 1.60. The van der Waals surface area contributed by atoms with Gasteiger partial charge in [-0.3, -0.25) is 5.84 Å². The van der Waals surface area contributed by atoms with Gasteiger partial charge >= 0.3 is 0 Å². The Labute approximate surface area is 107 Å². The number of nitrogens with two attached hydrogens (primary N) is 1. The molecule has 18 heavy (non-hydrogen) atoms. The summed E-state index contributed by atoms with van der Waals surface area (Å²) in [6.07, 6.45) is 4.12. The van der Waals surface area contributed by atoms with E-state index >= 15 is 0 Å². The Balaban J connectivity index is 2.08. The Kier molecular flexibility index (Phi) is 3.99. The predicted molar refractivity (Wildman–Crippen MR) is 76.2 cm³/mol. The van der Waals surface area contributed by atoms with E-state index in [2.05, 4.69) is 17.6 Å². The van der Waals surface area contributed by atoms with Gasteiger partial charge in [0, 0.05) is 5.69 Å². The Morgan fingerprint density at radius 1 is 0.889 bits per heavy atom. The van der Waals surface area contributed by atoms with Crippen molar-refractivity contribution in [1.29, 1.82) is 0 Å². The van der Waals surface area contributed by atoms with Crippen LogP contribution in [0.5, 0.6) is 5.75 Å². The smallest absolute Gasteiger partial charge is 0.118 e. The fraction of sp³-hybridized carbons (Fsp3) is 0.0667. The van der Waals surface area contributed by atoms with Gasteiger partial charge in [-0.1, -0.05) is 36.4 Å². The first-order valence-corrected chi connectivity index (χ1v) is 5.70. The zero-order valence-electron chi connectivity index (χ0n) is 10.3. The highest BCUT2D eigenvalue weighted by atomic mass is 16.5. The fourth-order valence-electron chi connectivity index (χ4n) is 1.60. The zero-order chi connectivity index (χ0) is 12.8. The van der Waals surface area contributed by atoms with E-state index in [1.54, 1.807) is 7.11 Å². The molecule has 0 atom stereocenters. The summed E-state index contributed by atoms with van der Waals surface area (Å²) in [5, 5.41) is 0. The summed E-state index contributed by atoms with van der Waals surface area (Å²) in [4.78, 5) is 0. The van der Waals surface area contributed by atoms with Gasteiger partial charge in [0.05, 0.1) is 7.11 Å². The molecule has 0 aromatic heterocycles. The van der Waals surface area contributed by atoms with Gasteiger partial charge in [0.1, 0.15) is 5.75 Å². The van der Waals surface area contributed by atoms with Crippen LogP contribution in [0.1, 0.15) is 11.1 Å². The molecule has 0 unspecified atom stereocenters. The number of hydrazine groups is 1. The van der Waals surface area contributed by atoms with Crippen LogP contribution in [0.2, 0.25) is 0 Å². The van der Waals surface area contributed by atoms with E-state index in [9.17, 15) is 0 Å². The van der Waals surface area contributed by atoms with Crippen molar-refractivity contribution >= 4 is 17.8 Å². The van der Waals surface area contributed by atoms with Crippen LogP contribution < -0.4 is 16.0 Å². The van der Waals surface area contributed by atoms with E-state index in [4.69, 9.17) is 10.6 Å². The van der Waals surface area contributed by atoms with Crippen molar-refractivity contribution in [2.45, 2.75) is 0 Å². The van der Waals surface area contributed by atoms with Gasteiger partial charge in [-0.05, 0) is 35.4 Å². The van der Waals surface area contributed by atoms with Gasteiger partial charge in [-0.25, -0.2) is 0 Å². The second kappa shape index (κ2) is 5.89. The number of rotatable bonds is 4. The van der Waals surface area contributed by atoms with Crippen molar-refractivity contribution in [3.05, 3.63) is 59.7 Å². The van der Waals surface area contributed by atoms with Crippen LogP contribution >= 0.6 is 0 Å². The molecule has 0 saturated carbocycles. The van der Waals surface area contributed by atoms with Crippen LogP contribution in [-0.2, 0) is 0 Å². The summed E-state index contributed by atoms with van der Waals surface area (Å²) in [6.45, 7) is 0. The lowest BCUT2D eigenvalue weighted by molar-refractivity contribution is 0.415. The molecule has 2 aromatic rings. The highest BCUT2D eigenvalue weighted by molar-refractivity contribution is 5.70. The lowest BCUT2D eigenvalue weighted by Crippen LogP contribution is -2.05. The summed E-state index contributed by atoms with van der Waals surface area (Å²) >= 11 is 0. The quantitative estimate of drug-likeness (QED) is 0.490. The van der Waals surface area contributed by atoms with E-state index in [1.165, 1.54) is 0 Å². The van der Waals surface area contributed by atoms with E-state index in [0.717, 1.165) is 22.6 Å². The zero-order valence-corrected chi connectivity index (χ0v) is 10.3. The van der Waals surface area contributed by atoms with Crippen LogP contribution in [-0.4, -0.2) is 7.11 Å². The average Bonchev–Trinajstić information content (AvgIpc) is 2.46. The number of ether oxygens (including phenoxy) is 1. The number of benzene rings is 2. The Morgan fingerprint density at radius 2 is 1.39 bits per heavy atom. The average molecular weight is 240 g/mol. The lowest BCUT2D eigenvalue weighted by atomic mass is 10.1. The molecular formula is C15H16N2O. The maximum absolute atomic E-state index is 5.31. The molecule has 3 N–H and O–H groups in total. The number of hydrogen-bond donors (Lipinski definition) is 2. The number of nitrogens with one attached hydrogen (secondary N) is 1. The van der Waals surface area contributed by atoms with Crippen molar-refractivity contribution < 1.29 is 4.74 Å². The van der Waals surface area contributed by atoms with Gasteiger partial charge in [0.25, 0.3) is 0 Å². The first-order chi connectivity index (χ1) is 8.81.